The quantitative estimate of drug-likeness (QED) is 0.373. The van der Waals surface area contributed by atoms with Gasteiger partial charge in [0, 0.05) is 18.9 Å². The Hall–Kier alpha value is -4.01. The van der Waals surface area contributed by atoms with Crippen molar-refractivity contribution in [2.24, 2.45) is 0 Å². The number of sulfonamides is 1. The first-order valence-electron chi connectivity index (χ1n) is 10.7. The number of nitrogens with one attached hydrogen (secondary N) is 2. The topological polar surface area (TPSA) is 91.4 Å². The van der Waals surface area contributed by atoms with Gasteiger partial charge in [-0.1, -0.05) is 78.9 Å². The van der Waals surface area contributed by atoms with Crippen LogP contribution < -0.4 is 10.1 Å². The number of nitrogens with zero attached hydrogens (tertiary/aromatic N) is 2. The van der Waals surface area contributed by atoms with Crippen molar-refractivity contribution in [1.82, 2.24) is 20.1 Å². The highest BCUT2D eigenvalue weighted by atomic mass is 32.2. The van der Waals surface area contributed by atoms with Crippen LogP contribution in [0.2, 0.25) is 0 Å². The van der Waals surface area contributed by atoms with Crippen LogP contribution >= 0.6 is 0 Å². The number of carbonyl (C=O) groups is 1. The van der Waals surface area contributed by atoms with Crippen molar-refractivity contribution in [3.63, 3.8) is 0 Å². The van der Waals surface area contributed by atoms with E-state index < -0.39 is 16.1 Å². The van der Waals surface area contributed by atoms with Crippen LogP contribution in [0.15, 0.2) is 114 Å². The highest BCUT2D eigenvalue weighted by Crippen LogP contribution is 2.24. The second kappa shape index (κ2) is 10.7. The van der Waals surface area contributed by atoms with Gasteiger partial charge >= 0.3 is 6.03 Å². The standard InChI is InChI=1S/C26H24N4O3S/c31-26(28-19-21-10-9-17-27-18-21)30(29-34(32,33)24-14-5-2-6-15-24)20-23-13-7-8-16-25(23)22-11-3-1-4-12-22/h1-18,29H,19-20H2,(H,28,31). The van der Waals surface area contributed by atoms with Gasteiger partial charge in [0.25, 0.3) is 10.0 Å². The summed E-state index contributed by atoms with van der Waals surface area (Å²) in [6.07, 6.45) is 3.29. The van der Waals surface area contributed by atoms with Crippen molar-refractivity contribution in [3.05, 3.63) is 121 Å². The fourth-order valence-corrected chi connectivity index (χ4v) is 4.51. The summed E-state index contributed by atoms with van der Waals surface area (Å²) in [6.45, 7) is 0.229. The van der Waals surface area contributed by atoms with E-state index in [0.29, 0.717) is 0 Å². The Morgan fingerprint density at radius 1 is 0.824 bits per heavy atom. The van der Waals surface area contributed by atoms with Gasteiger partial charge in [-0.2, -0.15) is 0 Å². The SMILES string of the molecule is O=C(NCc1cccnc1)N(Cc1ccccc1-c1ccccc1)NS(=O)(=O)c1ccccc1. The first kappa shape index (κ1) is 23.2. The average Bonchev–Trinajstić information content (AvgIpc) is 2.89. The lowest BCUT2D eigenvalue weighted by Gasteiger charge is -2.25. The summed E-state index contributed by atoms with van der Waals surface area (Å²) >= 11 is 0. The number of urea groups is 1. The molecule has 1 aromatic heterocycles. The first-order valence-corrected chi connectivity index (χ1v) is 12.2. The van der Waals surface area contributed by atoms with Crippen molar-refractivity contribution in [2.45, 2.75) is 18.0 Å². The van der Waals surface area contributed by atoms with E-state index in [4.69, 9.17) is 0 Å². The molecule has 1 heterocycles. The van der Waals surface area contributed by atoms with Crippen molar-refractivity contribution < 1.29 is 13.2 Å². The molecule has 172 valence electrons. The van der Waals surface area contributed by atoms with Crippen LogP contribution in [0, 0.1) is 0 Å². The summed E-state index contributed by atoms with van der Waals surface area (Å²) in [4.78, 5) is 19.7. The molecule has 0 spiro atoms. The zero-order chi connectivity index (χ0) is 23.8. The highest BCUT2D eigenvalue weighted by molar-refractivity contribution is 7.89. The number of carbonyl (C=O) groups excluding carboxylic acids is 1. The van der Waals surface area contributed by atoms with Crippen LogP contribution in [0.3, 0.4) is 0 Å². The summed E-state index contributed by atoms with van der Waals surface area (Å²) in [5, 5.41) is 3.86. The van der Waals surface area contributed by atoms with Crippen molar-refractivity contribution in [2.75, 3.05) is 0 Å². The summed E-state index contributed by atoms with van der Waals surface area (Å²) < 4.78 is 26.0. The van der Waals surface area contributed by atoms with Gasteiger partial charge in [0.2, 0.25) is 0 Å². The molecule has 7 nitrogen and oxygen atoms in total. The zero-order valence-electron chi connectivity index (χ0n) is 18.3. The van der Waals surface area contributed by atoms with Gasteiger partial charge in [0.1, 0.15) is 0 Å². The molecule has 0 radical (unpaired) electrons. The molecule has 2 amide bonds. The minimum absolute atomic E-state index is 0.0238. The van der Waals surface area contributed by atoms with Crippen LogP contribution in [0.25, 0.3) is 11.1 Å². The average molecular weight is 473 g/mol. The van der Waals surface area contributed by atoms with Gasteiger partial charge in [-0.05, 0) is 40.5 Å². The Morgan fingerprint density at radius 2 is 1.50 bits per heavy atom. The molecule has 34 heavy (non-hydrogen) atoms. The van der Waals surface area contributed by atoms with E-state index in [1.807, 2.05) is 60.7 Å². The smallest absolute Gasteiger partial charge is 0.333 e. The molecular weight excluding hydrogens is 448 g/mol. The first-order chi connectivity index (χ1) is 16.5. The Kier molecular flexibility index (Phi) is 7.31. The number of hydrazine groups is 1. The second-order valence-corrected chi connectivity index (χ2v) is 9.20. The maximum atomic E-state index is 13.1. The molecule has 0 bridgehead atoms. The molecule has 3 aromatic carbocycles. The molecule has 2 N–H and O–H groups in total. The maximum absolute atomic E-state index is 13.1. The monoisotopic (exact) mass is 472 g/mol. The van der Waals surface area contributed by atoms with Crippen LogP contribution in [0.4, 0.5) is 4.79 Å². The molecule has 0 unspecified atom stereocenters. The molecule has 4 aromatic rings. The Morgan fingerprint density at radius 3 is 2.21 bits per heavy atom. The van der Waals surface area contributed by atoms with Crippen molar-refractivity contribution in [3.8, 4) is 11.1 Å². The van der Waals surface area contributed by atoms with Gasteiger partial charge in [-0.25, -0.2) is 18.2 Å². The van der Waals surface area contributed by atoms with Crippen LogP contribution in [0.5, 0.6) is 0 Å². The van der Waals surface area contributed by atoms with E-state index in [1.165, 1.54) is 12.1 Å². The lowest BCUT2D eigenvalue weighted by molar-refractivity contribution is 0.184. The minimum atomic E-state index is -3.98. The predicted octanol–water partition coefficient (Wildman–Crippen LogP) is 4.35. The normalized spacial score (nSPS) is 11.1. The molecule has 0 aliphatic heterocycles. The van der Waals surface area contributed by atoms with Crippen molar-refractivity contribution in [1.29, 1.82) is 0 Å². The van der Waals surface area contributed by atoms with Gasteiger partial charge in [0.05, 0.1) is 11.4 Å². The van der Waals surface area contributed by atoms with Gasteiger partial charge in [-0.15, -0.1) is 4.83 Å². The number of benzene rings is 3. The van der Waals surface area contributed by atoms with E-state index in [-0.39, 0.29) is 18.0 Å². The van der Waals surface area contributed by atoms with E-state index in [2.05, 4.69) is 15.1 Å². The van der Waals surface area contributed by atoms with Crippen LogP contribution in [-0.2, 0) is 23.1 Å². The third-order valence-electron chi connectivity index (χ3n) is 5.13. The summed E-state index contributed by atoms with van der Waals surface area (Å²) in [5.74, 6) is 0. The second-order valence-electron chi connectivity index (χ2n) is 7.54. The predicted molar refractivity (Wildman–Crippen MR) is 131 cm³/mol. The Balaban J connectivity index is 1.62. The molecule has 0 fully saturated rings. The minimum Gasteiger partial charge on any atom is -0.333 e. The molecular formula is C26H24N4O3S. The molecule has 0 saturated heterocycles. The number of amides is 2. The number of aromatic nitrogens is 1. The van der Waals surface area contributed by atoms with E-state index in [1.54, 1.807) is 36.7 Å². The van der Waals surface area contributed by atoms with Gasteiger partial charge in [-0.3, -0.25) is 4.98 Å². The largest absolute Gasteiger partial charge is 0.333 e. The lowest BCUT2D eigenvalue weighted by Crippen LogP contribution is -2.49. The van der Waals surface area contributed by atoms with Crippen LogP contribution in [0.1, 0.15) is 11.1 Å². The van der Waals surface area contributed by atoms with Crippen molar-refractivity contribution >= 4 is 16.1 Å². The van der Waals surface area contributed by atoms with Crippen LogP contribution in [-0.4, -0.2) is 24.4 Å². The molecule has 0 aliphatic rings. The molecule has 0 atom stereocenters. The summed E-state index contributed by atoms with van der Waals surface area (Å²) in [5.41, 5.74) is 3.47. The Bertz CT molecular complexity index is 1330. The molecule has 0 saturated carbocycles. The number of hydrogen-bond donors (Lipinski definition) is 2. The van der Waals surface area contributed by atoms with E-state index in [9.17, 15) is 13.2 Å². The molecule has 4 rings (SSSR count). The third kappa shape index (κ3) is 5.86. The van der Waals surface area contributed by atoms with E-state index >= 15 is 0 Å². The van der Waals surface area contributed by atoms with Gasteiger partial charge in [0.15, 0.2) is 0 Å². The summed E-state index contributed by atoms with van der Waals surface area (Å²) in [7, 11) is -3.98. The highest BCUT2D eigenvalue weighted by Gasteiger charge is 2.23. The molecule has 0 aliphatic carbocycles. The lowest BCUT2D eigenvalue weighted by atomic mass is 10.00. The zero-order valence-corrected chi connectivity index (χ0v) is 19.2. The number of rotatable bonds is 8. The van der Waals surface area contributed by atoms with E-state index in [0.717, 1.165) is 27.3 Å². The maximum Gasteiger partial charge on any atom is 0.333 e. The number of pyridine rings is 1. The number of hydrogen-bond acceptors (Lipinski definition) is 4. The third-order valence-corrected chi connectivity index (χ3v) is 6.48. The molecule has 8 heteroatoms. The van der Waals surface area contributed by atoms with Gasteiger partial charge < -0.3 is 5.32 Å². The fourth-order valence-electron chi connectivity index (χ4n) is 3.45. The summed E-state index contributed by atoms with van der Waals surface area (Å²) in [6, 6.07) is 28.3. The fraction of sp³-hybridized carbons (Fsp3) is 0.0769. The Labute approximate surface area is 199 Å².